The molecule has 0 spiro atoms. The fourth-order valence-electron chi connectivity index (χ4n) is 6.42. The Kier molecular flexibility index (Phi) is 8.96. The van der Waals surface area contributed by atoms with Crippen molar-refractivity contribution in [1.29, 1.82) is 0 Å². The molecule has 1 radical (unpaired) electrons. The first-order chi connectivity index (χ1) is 17.2. The van der Waals surface area contributed by atoms with E-state index in [1.165, 1.54) is 55.3 Å². The summed E-state index contributed by atoms with van der Waals surface area (Å²) >= 11 is 0. The minimum absolute atomic E-state index is 0.0234. The van der Waals surface area contributed by atoms with Crippen LogP contribution in [0.3, 0.4) is 0 Å². The maximum Gasteiger partial charge on any atom is 0.0748 e. The topological polar surface area (TPSA) is 9.23 Å². The van der Waals surface area contributed by atoms with E-state index in [4.69, 9.17) is 4.74 Å². The molecule has 2 aliphatic carbocycles. The molecule has 0 heterocycles. The summed E-state index contributed by atoms with van der Waals surface area (Å²) in [6.45, 7) is 15.0. The summed E-state index contributed by atoms with van der Waals surface area (Å²) in [6.07, 6.45) is 14.0. The van der Waals surface area contributed by atoms with Crippen LogP contribution in [0.2, 0.25) is 31.7 Å². The summed E-state index contributed by atoms with van der Waals surface area (Å²) < 4.78 is 5.97. The molecule has 0 aliphatic heterocycles. The molecule has 3 heteroatoms. The molecule has 0 saturated carbocycles. The van der Waals surface area contributed by atoms with E-state index in [-0.39, 0.29) is 14.4 Å². The molecule has 0 amide bonds. The Balaban J connectivity index is 1.57. The first-order valence-electron chi connectivity index (χ1n) is 14.2. The van der Waals surface area contributed by atoms with Gasteiger partial charge in [-0.2, -0.15) is 0 Å². The molecule has 0 aromatic heterocycles. The number of hydrogen-bond donors (Lipinski definition) is 0. The zero-order valence-corrected chi connectivity index (χ0v) is 25.6. The Morgan fingerprint density at radius 3 is 2.25 bits per heavy atom. The Labute approximate surface area is 223 Å². The van der Waals surface area contributed by atoms with Gasteiger partial charge < -0.3 is 4.74 Å². The largest absolute Gasteiger partial charge is 0.376 e. The second-order valence-corrected chi connectivity index (χ2v) is 20.2. The molecule has 3 atom stereocenters. The van der Waals surface area contributed by atoms with Crippen LogP contribution in [0.15, 0.2) is 60.2 Å². The third-order valence-corrected chi connectivity index (χ3v) is 14.9. The lowest BCUT2D eigenvalue weighted by molar-refractivity contribution is -0.00471. The van der Waals surface area contributed by atoms with Gasteiger partial charge >= 0.3 is 0 Å². The van der Waals surface area contributed by atoms with E-state index in [1.54, 1.807) is 16.7 Å². The normalized spacial score (nSPS) is 20.4. The van der Waals surface area contributed by atoms with Gasteiger partial charge in [-0.3, -0.25) is 0 Å². The number of fused-ring (bicyclic) bond motifs is 2. The third-order valence-electron chi connectivity index (χ3n) is 8.25. The van der Waals surface area contributed by atoms with E-state index in [0.717, 1.165) is 6.61 Å². The van der Waals surface area contributed by atoms with E-state index >= 15 is 0 Å². The first kappa shape index (κ1) is 27.4. The van der Waals surface area contributed by atoms with Gasteiger partial charge in [0.15, 0.2) is 0 Å². The van der Waals surface area contributed by atoms with Crippen LogP contribution in [0.4, 0.5) is 0 Å². The van der Waals surface area contributed by atoms with Gasteiger partial charge in [0.25, 0.3) is 0 Å². The van der Waals surface area contributed by atoms with Crippen molar-refractivity contribution in [2.45, 2.75) is 101 Å². The zero-order valence-electron chi connectivity index (χ0n) is 23.6. The van der Waals surface area contributed by atoms with Gasteiger partial charge in [0.2, 0.25) is 0 Å². The van der Waals surface area contributed by atoms with Crippen LogP contribution in [0.5, 0.6) is 0 Å². The molecule has 0 saturated heterocycles. The molecular weight excluding hydrogens is 469 g/mol. The van der Waals surface area contributed by atoms with E-state index in [2.05, 4.69) is 107 Å². The van der Waals surface area contributed by atoms with Crippen molar-refractivity contribution in [3.63, 3.8) is 0 Å². The van der Waals surface area contributed by atoms with E-state index < -0.39 is 8.07 Å². The molecule has 3 unspecified atom stereocenters. The number of allylic oxidation sites excluding steroid dienone is 2. The van der Waals surface area contributed by atoms with Crippen LogP contribution in [0.25, 0.3) is 12.2 Å². The van der Waals surface area contributed by atoms with Gasteiger partial charge in [0, 0.05) is 20.9 Å². The molecule has 36 heavy (non-hydrogen) atoms. The van der Waals surface area contributed by atoms with Crippen molar-refractivity contribution in [3.05, 3.63) is 82.4 Å². The van der Waals surface area contributed by atoms with Crippen LogP contribution >= 0.6 is 0 Å². The highest BCUT2D eigenvalue weighted by Gasteiger charge is 2.48. The van der Waals surface area contributed by atoms with Crippen LogP contribution in [0, 0.1) is 0 Å². The number of rotatable bonds is 12. The first-order valence-corrected chi connectivity index (χ1v) is 19.8. The molecule has 193 valence electrons. The molecule has 0 bridgehead atoms. The average Bonchev–Trinajstić information content (AvgIpc) is 3.43. The number of hydrogen-bond acceptors (Lipinski definition) is 1. The predicted molar refractivity (Wildman–Crippen MR) is 163 cm³/mol. The Hall–Kier alpha value is -1.69. The maximum atomic E-state index is 5.97. The van der Waals surface area contributed by atoms with Gasteiger partial charge in [-0.05, 0) is 61.4 Å². The van der Waals surface area contributed by atoms with Gasteiger partial charge in [-0.1, -0.05) is 123 Å². The highest BCUT2D eigenvalue weighted by Crippen LogP contribution is 2.53. The van der Waals surface area contributed by atoms with Crippen molar-refractivity contribution >= 4 is 29.0 Å². The molecule has 2 aromatic rings. The minimum Gasteiger partial charge on any atom is -0.376 e. The molecular formula is C33H47OSi2. The average molecular weight is 516 g/mol. The smallest absolute Gasteiger partial charge is 0.0748 e. The molecule has 4 rings (SSSR count). The van der Waals surface area contributed by atoms with Crippen molar-refractivity contribution < 1.29 is 4.74 Å². The fourth-order valence-corrected chi connectivity index (χ4v) is 12.7. The van der Waals surface area contributed by atoms with Gasteiger partial charge in [0.1, 0.15) is 0 Å². The van der Waals surface area contributed by atoms with E-state index in [0.29, 0.717) is 11.1 Å². The second kappa shape index (κ2) is 11.8. The molecule has 0 fully saturated rings. The molecule has 2 aliphatic rings. The standard InChI is InChI=1S/C33H47OSi2/c1-33(2,3)34-22-13-7-8-14-24-36(6,31-20-19-26-15-9-11-17-29(26)31)32-28(21-23-35(4)5)25-27-16-10-12-18-30(27)32/h9-12,15-20,25,31-32H,7-8,13-14,21-24H2,1-6H3. The highest BCUT2D eigenvalue weighted by molar-refractivity contribution is 6.82. The third kappa shape index (κ3) is 6.41. The van der Waals surface area contributed by atoms with Gasteiger partial charge in [-0.25, -0.2) is 0 Å². The van der Waals surface area contributed by atoms with E-state index in [9.17, 15) is 0 Å². The zero-order chi connectivity index (χ0) is 25.8. The number of unbranched alkanes of at least 4 members (excludes halogenated alkanes) is 3. The van der Waals surface area contributed by atoms with Gasteiger partial charge in [0.05, 0.1) is 13.7 Å². The Bertz CT molecular complexity index is 1080. The lowest BCUT2D eigenvalue weighted by Gasteiger charge is -2.41. The molecule has 0 N–H and O–H groups in total. The van der Waals surface area contributed by atoms with Crippen molar-refractivity contribution in [3.8, 4) is 0 Å². The lowest BCUT2D eigenvalue weighted by Crippen LogP contribution is -2.44. The van der Waals surface area contributed by atoms with Crippen molar-refractivity contribution in [2.24, 2.45) is 0 Å². The quantitative estimate of drug-likeness (QED) is 0.202. The summed E-state index contributed by atoms with van der Waals surface area (Å²) in [5.41, 5.74) is 9.11. The Morgan fingerprint density at radius 2 is 1.53 bits per heavy atom. The van der Waals surface area contributed by atoms with Crippen molar-refractivity contribution in [1.82, 2.24) is 0 Å². The summed E-state index contributed by atoms with van der Waals surface area (Å²) in [5.74, 6) is 0. The molecule has 1 nitrogen and oxygen atoms in total. The lowest BCUT2D eigenvalue weighted by atomic mass is 10.1. The SMILES string of the molecule is C[Si](C)CCC1=Cc2ccccc2C1[Si](C)(CCCCCCOC(C)(C)C)C1C=Cc2ccccc21. The molecule has 2 aromatic carbocycles. The summed E-state index contributed by atoms with van der Waals surface area (Å²) in [6, 6.07) is 21.3. The minimum atomic E-state index is -1.79. The summed E-state index contributed by atoms with van der Waals surface area (Å²) in [4.78, 5) is 0. The van der Waals surface area contributed by atoms with Crippen LogP contribution in [0.1, 0.15) is 86.2 Å². The van der Waals surface area contributed by atoms with Gasteiger partial charge in [-0.15, -0.1) is 0 Å². The van der Waals surface area contributed by atoms with Crippen LogP contribution in [-0.2, 0) is 4.74 Å². The van der Waals surface area contributed by atoms with E-state index in [1.807, 2.05) is 0 Å². The maximum absolute atomic E-state index is 5.97. The van der Waals surface area contributed by atoms with Crippen molar-refractivity contribution in [2.75, 3.05) is 6.61 Å². The highest BCUT2D eigenvalue weighted by atomic mass is 28.3. The fraction of sp³-hybridized carbons (Fsp3) is 0.515. The predicted octanol–water partition coefficient (Wildman–Crippen LogP) is 9.65. The monoisotopic (exact) mass is 515 g/mol. The summed E-state index contributed by atoms with van der Waals surface area (Å²) in [5, 5.41) is 0. The van der Waals surface area contributed by atoms with Crippen LogP contribution in [-0.4, -0.2) is 29.1 Å². The number of benzene rings is 2. The second-order valence-electron chi connectivity index (χ2n) is 12.6. The Morgan fingerprint density at radius 1 is 0.861 bits per heavy atom. The number of ether oxygens (including phenoxy) is 1. The van der Waals surface area contributed by atoms with Crippen LogP contribution < -0.4 is 0 Å². The summed E-state index contributed by atoms with van der Waals surface area (Å²) in [7, 11) is -2.03.